The van der Waals surface area contributed by atoms with Crippen molar-refractivity contribution >= 4 is 10.9 Å². The first-order valence-electron chi connectivity index (χ1n) is 6.16. The zero-order chi connectivity index (χ0) is 11.0. The smallest absolute Gasteiger partial charge is 0.0456 e. The van der Waals surface area contributed by atoms with Gasteiger partial charge in [0.1, 0.15) is 0 Å². The van der Waals surface area contributed by atoms with E-state index >= 15 is 0 Å². The first-order chi connectivity index (χ1) is 7.84. The molecule has 1 aromatic heterocycles. The van der Waals surface area contributed by atoms with Crippen molar-refractivity contribution < 1.29 is 0 Å². The van der Waals surface area contributed by atoms with Crippen LogP contribution in [0.4, 0.5) is 0 Å². The number of benzene rings is 1. The lowest BCUT2D eigenvalue weighted by molar-refractivity contribution is 0.397. The number of hydrogen-bond acceptors (Lipinski definition) is 1. The molecular formula is C14H18N2. The highest BCUT2D eigenvalue weighted by Gasteiger charge is 2.21. The van der Waals surface area contributed by atoms with Crippen molar-refractivity contribution in [1.29, 1.82) is 0 Å². The Morgan fingerprint density at radius 2 is 1.81 bits per heavy atom. The fraction of sp³-hybridized carbons (Fsp3) is 0.429. The Balaban J connectivity index is 1.94. The van der Waals surface area contributed by atoms with Crippen LogP contribution < -0.4 is 5.73 Å². The third-order valence-corrected chi connectivity index (χ3v) is 3.83. The molecule has 0 amide bonds. The topological polar surface area (TPSA) is 41.8 Å². The van der Waals surface area contributed by atoms with E-state index in [1.54, 1.807) is 0 Å². The van der Waals surface area contributed by atoms with Gasteiger partial charge in [0.25, 0.3) is 0 Å². The van der Waals surface area contributed by atoms with Gasteiger partial charge in [-0.25, -0.2) is 0 Å². The van der Waals surface area contributed by atoms with Crippen molar-refractivity contribution in [3.8, 4) is 0 Å². The van der Waals surface area contributed by atoms with E-state index in [0.29, 0.717) is 12.0 Å². The Morgan fingerprint density at radius 3 is 2.62 bits per heavy atom. The van der Waals surface area contributed by atoms with Crippen molar-refractivity contribution in [1.82, 2.24) is 4.98 Å². The summed E-state index contributed by atoms with van der Waals surface area (Å²) in [5.41, 5.74) is 8.70. The number of nitrogens with one attached hydrogen (secondary N) is 1. The monoisotopic (exact) mass is 214 g/mol. The molecule has 84 valence electrons. The summed E-state index contributed by atoms with van der Waals surface area (Å²) in [7, 11) is 0. The quantitative estimate of drug-likeness (QED) is 0.752. The van der Waals surface area contributed by atoms with Crippen LogP contribution in [0.15, 0.2) is 30.5 Å². The molecule has 3 rings (SSSR count). The normalized spacial score (nSPS) is 26.1. The maximum atomic E-state index is 5.96. The second kappa shape index (κ2) is 3.95. The van der Waals surface area contributed by atoms with Crippen LogP contribution in [0.5, 0.6) is 0 Å². The highest BCUT2D eigenvalue weighted by atomic mass is 14.7. The summed E-state index contributed by atoms with van der Waals surface area (Å²) in [4.78, 5) is 3.37. The Hall–Kier alpha value is -1.28. The molecule has 0 bridgehead atoms. The lowest BCUT2D eigenvalue weighted by Crippen LogP contribution is -2.25. The molecular weight excluding hydrogens is 196 g/mol. The van der Waals surface area contributed by atoms with Gasteiger partial charge in [-0.2, -0.15) is 0 Å². The standard InChI is InChI=1S/C14H18N2/c15-11-7-5-10(6-8-11)13-9-16-14-4-2-1-3-12(13)14/h1-4,9-11,16H,5-8,15H2. The summed E-state index contributed by atoms with van der Waals surface area (Å²) in [6.07, 6.45) is 7.01. The number of aromatic nitrogens is 1. The van der Waals surface area contributed by atoms with Gasteiger partial charge in [-0.1, -0.05) is 18.2 Å². The van der Waals surface area contributed by atoms with Crippen LogP contribution in [-0.2, 0) is 0 Å². The Bertz CT molecular complexity index is 478. The average molecular weight is 214 g/mol. The largest absolute Gasteiger partial charge is 0.361 e. The molecule has 3 N–H and O–H groups in total. The van der Waals surface area contributed by atoms with Gasteiger partial charge in [-0.15, -0.1) is 0 Å². The maximum absolute atomic E-state index is 5.96. The van der Waals surface area contributed by atoms with Crippen molar-refractivity contribution in [2.24, 2.45) is 5.73 Å². The van der Waals surface area contributed by atoms with Crippen LogP contribution >= 0.6 is 0 Å². The van der Waals surface area contributed by atoms with Gasteiger partial charge in [0.05, 0.1) is 0 Å². The lowest BCUT2D eigenvalue weighted by Gasteiger charge is -2.25. The van der Waals surface area contributed by atoms with E-state index < -0.39 is 0 Å². The highest BCUT2D eigenvalue weighted by molar-refractivity contribution is 5.83. The molecule has 1 aliphatic rings. The van der Waals surface area contributed by atoms with Gasteiger partial charge < -0.3 is 10.7 Å². The minimum Gasteiger partial charge on any atom is -0.361 e. The second-order valence-corrected chi connectivity index (χ2v) is 4.90. The number of hydrogen-bond donors (Lipinski definition) is 2. The third-order valence-electron chi connectivity index (χ3n) is 3.83. The molecule has 1 aliphatic carbocycles. The SMILES string of the molecule is NC1CCC(c2c[nH]c3ccccc23)CC1. The third kappa shape index (κ3) is 1.63. The molecule has 0 atom stereocenters. The number of fused-ring (bicyclic) bond motifs is 1. The number of aromatic amines is 1. The molecule has 0 unspecified atom stereocenters. The molecule has 2 nitrogen and oxygen atoms in total. The molecule has 1 saturated carbocycles. The van der Waals surface area contributed by atoms with Gasteiger partial charge in [-0.05, 0) is 43.2 Å². The predicted molar refractivity (Wildman–Crippen MR) is 67.5 cm³/mol. The maximum Gasteiger partial charge on any atom is 0.0456 e. The van der Waals surface area contributed by atoms with Gasteiger partial charge >= 0.3 is 0 Å². The van der Waals surface area contributed by atoms with Crippen LogP contribution in [0.3, 0.4) is 0 Å². The second-order valence-electron chi connectivity index (χ2n) is 4.90. The summed E-state index contributed by atoms with van der Waals surface area (Å²) in [6, 6.07) is 9.00. The molecule has 0 saturated heterocycles. The summed E-state index contributed by atoms with van der Waals surface area (Å²) >= 11 is 0. The first-order valence-corrected chi connectivity index (χ1v) is 6.16. The Morgan fingerprint density at radius 1 is 1.06 bits per heavy atom. The van der Waals surface area contributed by atoms with E-state index in [1.165, 1.54) is 42.1 Å². The van der Waals surface area contributed by atoms with E-state index in [4.69, 9.17) is 5.73 Å². The van der Waals surface area contributed by atoms with Gasteiger partial charge in [0.2, 0.25) is 0 Å². The minimum absolute atomic E-state index is 0.432. The van der Waals surface area contributed by atoms with Crippen LogP contribution in [0, 0.1) is 0 Å². The molecule has 1 fully saturated rings. The highest BCUT2D eigenvalue weighted by Crippen LogP contribution is 2.35. The number of nitrogens with two attached hydrogens (primary N) is 1. The van der Waals surface area contributed by atoms with Gasteiger partial charge in [0.15, 0.2) is 0 Å². The summed E-state index contributed by atoms with van der Waals surface area (Å²) in [5, 5.41) is 1.39. The Kier molecular flexibility index (Phi) is 2.44. The average Bonchev–Trinajstić information content (AvgIpc) is 2.74. The first kappa shape index (κ1) is 9.91. The molecule has 2 heteroatoms. The molecule has 1 aromatic carbocycles. The van der Waals surface area contributed by atoms with Crippen molar-refractivity contribution in [2.45, 2.75) is 37.6 Å². The number of H-pyrrole nitrogens is 1. The molecule has 0 radical (unpaired) electrons. The summed E-state index contributed by atoms with van der Waals surface area (Å²) in [5.74, 6) is 0.705. The molecule has 2 aromatic rings. The predicted octanol–water partition coefficient (Wildman–Crippen LogP) is 3.15. The summed E-state index contributed by atoms with van der Waals surface area (Å²) < 4.78 is 0. The van der Waals surface area contributed by atoms with Crippen molar-refractivity contribution in [2.75, 3.05) is 0 Å². The number of para-hydroxylation sites is 1. The molecule has 0 aliphatic heterocycles. The van der Waals surface area contributed by atoms with Crippen molar-refractivity contribution in [3.05, 3.63) is 36.0 Å². The fourth-order valence-corrected chi connectivity index (χ4v) is 2.86. The Labute approximate surface area is 95.8 Å². The van der Waals surface area contributed by atoms with Crippen LogP contribution in [0.1, 0.15) is 37.2 Å². The van der Waals surface area contributed by atoms with E-state index in [2.05, 4.69) is 35.4 Å². The number of rotatable bonds is 1. The van der Waals surface area contributed by atoms with E-state index in [0.717, 1.165) is 0 Å². The van der Waals surface area contributed by atoms with Crippen molar-refractivity contribution in [3.63, 3.8) is 0 Å². The molecule has 1 heterocycles. The van der Waals surface area contributed by atoms with Gasteiger partial charge in [-0.3, -0.25) is 0 Å². The van der Waals surface area contributed by atoms with E-state index in [-0.39, 0.29) is 0 Å². The molecule has 0 spiro atoms. The minimum atomic E-state index is 0.432. The summed E-state index contributed by atoms with van der Waals surface area (Å²) in [6.45, 7) is 0. The van der Waals surface area contributed by atoms with Crippen LogP contribution in [0.2, 0.25) is 0 Å². The fourth-order valence-electron chi connectivity index (χ4n) is 2.86. The van der Waals surface area contributed by atoms with Gasteiger partial charge in [0, 0.05) is 23.1 Å². The zero-order valence-electron chi connectivity index (χ0n) is 9.45. The van der Waals surface area contributed by atoms with Crippen LogP contribution in [0.25, 0.3) is 10.9 Å². The zero-order valence-corrected chi connectivity index (χ0v) is 9.45. The van der Waals surface area contributed by atoms with Crippen LogP contribution in [-0.4, -0.2) is 11.0 Å². The van der Waals surface area contributed by atoms with E-state index in [9.17, 15) is 0 Å². The van der Waals surface area contributed by atoms with E-state index in [1.807, 2.05) is 0 Å². The molecule has 16 heavy (non-hydrogen) atoms. The lowest BCUT2D eigenvalue weighted by atomic mass is 9.82.